The van der Waals surface area contributed by atoms with Crippen LogP contribution in [0.2, 0.25) is 0 Å². The molecule has 4 heteroatoms. The van der Waals surface area contributed by atoms with Crippen molar-refractivity contribution < 1.29 is 9.59 Å². The zero-order valence-electron chi connectivity index (χ0n) is 15.9. The standard InChI is InChI=1S/C21H34N2O2/c1-13(2)18(19(24)22-17-5-3-4-6-17)23-20(25)21-10-14-7-15(11-21)9-16(8-14)12-21/h13-18H,3-12H2,1-2H3,(H,22,24)(H,23,25). The van der Waals surface area contributed by atoms with Crippen LogP contribution in [0.25, 0.3) is 0 Å². The van der Waals surface area contributed by atoms with Gasteiger partial charge in [-0.05, 0) is 75.0 Å². The molecule has 0 heterocycles. The van der Waals surface area contributed by atoms with Crippen LogP contribution >= 0.6 is 0 Å². The zero-order valence-corrected chi connectivity index (χ0v) is 15.9. The number of amides is 2. The van der Waals surface area contributed by atoms with Gasteiger partial charge in [0.25, 0.3) is 0 Å². The third-order valence-corrected chi connectivity index (χ3v) is 7.46. The molecule has 0 aromatic rings. The van der Waals surface area contributed by atoms with Gasteiger partial charge in [0.1, 0.15) is 6.04 Å². The third-order valence-electron chi connectivity index (χ3n) is 7.46. The molecule has 2 N–H and O–H groups in total. The topological polar surface area (TPSA) is 58.2 Å². The van der Waals surface area contributed by atoms with Gasteiger partial charge in [0.05, 0.1) is 0 Å². The molecule has 1 atom stereocenters. The molecule has 1 unspecified atom stereocenters. The predicted octanol–water partition coefficient (Wildman–Crippen LogP) is 3.40. The van der Waals surface area contributed by atoms with E-state index in [4.69, 9.17) is 0 Å². The molecule has 5 aliphatic rings. The Hall–Kier alpha value is -1.06. The van der Waals surface area contributed by atoms with E-state index in [0.29, 0.717) is 6.04 Å². The normalized spacial score (nSPS) is 38.1. The fraction of sp³-hybridized carbons (Fsp3) is 0.905. The molecule has 4 nitrogen and oxygen atoms in total. The van der Waals surface area contributed by atoms with E-state index in [9.17, 15) is 9.59 Å². The lowest BCUT2D eigenvalue weighted by Gasteiger charge is -2.55. The summed E-state index contributed by atoms with van der Waals surface area (Å²) in [4.78, 5) is 26.0. The van der Waals surface area contributed by atoms with Gasteiger partial charge in [-0.25, -0.2) is 0 Å². The molecule has 0 aliphatic heterocycles. The minimum Gasteiger partial charge on any atom is -0.352 e. The number of nitrogens with one attached hydrogen (secondary N) is 2. The van der Waals surface area contributed by atoms with Crippen molar-refractivity contribution in [3.63, 3.8) is 0 Å². The van der Waals surface area contributed by atoms with Gasteiger partial charge in [-0.3, -0.25) is 9.59 Å². The number of carbonyl (C=O) groups excluding carboxylic acids is 2. The van der Waals surface area contributed by atoms with Crippen LogP contribution in [0.1, 0.15) is 78.1 Å². The Morgan fingerprint density at radius 1 is 0.920 bits per heavy atom. The van der Waals surface area contributed by atoms with Crippen LogP contribution in [0.4, 0.5) is 0 Å². The first kappa shape index (κ1) is 17.4. The van der Waals surface area contributed by atoms with Crippen LogP contribution in [-0.4, -0.2) is 23.9 Å². The lowest BCUT2D eigenvalue weighted by molar-refractivity contribution is -0.149. The Kier molecular flexibility index (Phi) is 4.57. The highest BCUT2D eigenvalue weighted by molar-refractivity contribution is 5.90. The molecule has 0 radical (unpaired) electrons. The second-order valence-electron chi connectivity index (χ2n) is 9.88. The first-order valence-corrected chi connectivity index (χ1v) is 10.6. The maximum Gasteiger partial charge on any atom is 0.243 e. The van der Waals surface area contributed by atoms with Crippen LogP contribution < -0.4 is 10.6 Å². The average Bonchev–Trinajstić information content (AvgIpc) is 3.03. The van der Waals surface area contributed by atoms with Gasteiger partial charge in [-0.15, -0.1) is 0 Å². The number of rotatable bonds is 5. The molecule has 0 aromatic carbocycles. The van der Waals surface area contributed by atoms with Gasteiger partial charge in [0.2, 0.25) is 11.8 Å². The summed E-state index contributed by atoms with van der Waals surface area (Å²) in [5.74, 6) is 2.58. The molecule has 25 heavy (non-hydrogen) atoms. The molecule has 4 bridgehead atoms. The largest absolute Gasteiger partial charge is 0.352 e. The van der Waals surface area contributed by atoms with E-state index in [0.717, 1.165) is 49.9 Å². The smallest absolute Gasteiger partial charge is 0.243 e. The maximum atomic E-state index is 13.3. The summed E-state index contributed by atoms with van der Waals surface area (Å²) in [5, 5.41) is 6.38. The number of hydrogen-bond acceptors (Lipinski definition) is 2. The zero-order chi connectivity index (χ0) is 17.6. The molecule has 0 spiro atoms. The average molecular weight is 347 g/mol. The summed E-state index contributed by atoms with van der Waals surface area (Å²) < 4.78 is 0. The Morgan fingerprint density at radius 2 is 1.44 bits per heavy atom. The fourth-order valence-electron chi connectivity index (χ4n) is 6.58. The van der Waals surface area contributed by atoms with Crippen LogP contribution in [0.3, 0.4) is 0 Å². The van der Waals surface area contributed by atoms with Gasteiger partial charge < -0.3 is 10.6 Å². The lowest BCUT2D eigenvalue weighted by Crippen LogP contribution is -2.59. The van der Waals surface area contributed by atoms with Crippen molar-refractivity contribution in [2.75, 3.05) is 0 Å². The molecular weight excluding hydrogens is 312 g/mol. The first-order chi connectivity index (χ1) is 11.9. The molecule has 5 saturated carbocycles. The van der Waals surface area contributed by atoms with Crippen molar-refractivity contribution in [1.82, 2.24) is 10.6 Å². The van der Waals surface area contributed by atoms with E-state index in [2.05, 4.69) is 10.6 Å². The monoisotopic (exact) mass is 346 g/mol. The molecule has 0 aromatic heterocycles. The predicted molar refractivity (Wildman–Crippen MR) is 97.8 cm³/mol. The molecular formula is C21H34N2O2. The van der Waals surface area contributed by atoms with Crippen molar-refractivity contribution >= 4 is 11.8 Å². The minimum absolute atomic E-state index is 0.0278. The lowest BCUT2D eigenvalue weighted by atomic mass is 9.49. The summed E-state index contributed by atoms with van der Waals surface area (Å²) in [7, 11) is 0. The quantitative estimate of drug-likeness (QED) is 0.801. The molecule has 5 rings (SSSR count). The molecule has 5 aliphatic carbocycles. The van der Waals surface area contributed by atoms with E-state index in [-0.39, 0.29) is 29.2 Å². The van der Waals surface area contributed by atoms with Gasteiger partial charge in [0, 0.05) is 11.5 Å². The van der Waals surface area contributed by atoms with Crippen molar-refractivity contribution in [2.24, 2.45) is 29.1 Å². The number of hydrogen-bond donors (Lipinski definition) is 2. The second-order valence-corrected chi connectivity index (χ2v) is 9.88. The molecule has 2 amide bonds. The Morgan fingerprint density at radius 3 is 1.92 bits per heavy atom. The minimum atomic E-state index is -0.388. The van der Waals surface area contributed by atoms with E-state index < -0.39 is 0 Å². The summed E-state index contributed by atoms with van der Waals surface area (Å²) in [6, 6.07) is -0.0775. The fourth-order valence-corrected chi connectivity index (χ4v) is 6.58. The summed E-state index contributed by atoms with van der Waals surface area (Å²) >= 11 is 0. The summed E-state index contributed by atoms with van der Waals surface area (Å²) in [6.45, 7) is 4.08. The van der Waals surface area contributed by atoms with Crippen LogP contribution in [0, 0.1) is 29.1 Å². The van der Waals surface area contributed by atoms with Crippen molar-refractivity contribution in [1.29, 1.82) is 0 Å². The third kappa shape index (κ3) is 3.33. The van der Waals surface area contributed by atoms with Crippen molar-refractivity contribution in [3.8, 4) is 0 Å². The van der Waals surface area contributed by atoms with E-state index in [1.54, 1.807) is 0 Å². The number of carbonyl (C=O) groups is 2. The van der Waals surface area contributed by atoms with Gasteiger partial charge in [-0.2, -0.15) is 0 Å². The van der Waals surface area contributed by atoms with Crippen LogP contribution in [0.15, 0.2) is 0 Å². The highest BCUT2D eigenvalue weighted by atomic mass is 16.2. The molecule has 5 fully saturated rings. The van der Waals surface area contributed by atoms with Crippen molar-refractivity contribution in [2.45, 2.75) is 90.1 Å². The highest BCUT2D eigenvalue weighted by Gasteiger charge is 2.55. The summed E-state index contributed by atoms with van der Waals surface area (Å²) in [5.41, 5.74) is -0.171. The van der Waals surface area contributed by atoms with Gasteiger partial charge >= 0.3 is 0 Å². The Bertz CT molecular complexity index is 501. The van der Waals surface area contributed by atoms with E-state index in [1.165, 1.54) is 32.1 Å². The first-order valence-electron chi connectivity index (χ1n) is 10.6. The van der Waals surface area contributed by atoms with Gasteiger partial charge in [0.15, 0.2) is 0 Å². The molecule has 0 saturated heterocycles. The van der Waals surface area contributed by atoms with Crippen LogP contribution in [0.5, 0.6) is 0 Å². The second kappa shape index (κ2) is 6.59. The van der Waals surface area contributed by atoms with Crippen LogP contribution in [-0.2, 0) is 9.59 Å². The van der Waals surface area contributed by atoms with Gasteiger partial charge in [-0.1, -0.05) is 26.7 Å². The van der Waals surface area contributed by atoms with E-state index in [1.807, 2.05) is 13.8 Å². The van der Waals surface area contributed by atoms with Crippen molar-refractivity contribution in [3.05, 3.63) is 0 Å². The van der Waals surface area contributed by atoms with E-state index >= 15 is 0 Å². The maximum absolute atomic E-state index is 13.3. The SMILES string of the molecule is CC(C)C(NC(=O)C12CC3CC(CC(C3)C1)C2)C(=O)NC1CCCC1. The summed E-state index contributed by atoms with van der Waals surface area (Å²) in [6.07, 6.45) is 11.7. The Balaban J connectivity index is 1.43. The molecule has 140 valence electrons. The Labute approximate surface area is 151 Å². The highest BCUT2D eigenvalue weighted by Crippen LogP contribution is 2.60.